The molecule has 4 aliphatic rings. The summed E-state index contributed by atoms with van der Waals surface area (Å²) in [6.45, 7) is 1.26. The van der Waals surface area contributed by atoms with Crippen LogP contribution in [0.15, 0.2) is 18.2 Å². The van der Waals surface area contributed by atoms with Crippen LogP contribution in [-0.4, -0.2) is 89.6 Å². The van der Waals surface area contributed by atoms with E-state index in [1.165, 1.54) is 4.90 Å². The van der Waals surface area contributed by atoms with E-state index in [2.05, 4.69) is 9.97 Å². The Morgan fingerprint density at radius 1 is 1.26 bits per heavy atom. The van der Waals surface area contributed by atoms with Gasteiger partial charge < -0.3 is 20.1 Å². The quantitative estimate of drug-likeness (QED) is 0.231. The molecule has 2 aromatic carbocycles. The fourth-order valence-electron chi connectivity index (χ4n) is 8.15. The topological polar surface area (TPSA) is 121 Å². The van der Waals surface area contributed by atoms with Gasteiger partial charge in [-0.15, -0.1) is 11.3 Å². The fourth-order valence-corrected chi connectivity index (χ4v) is 9.09. The van der Waals surface area contributed by atoms with Crippen LogP contribution in [0.4, 0.5) is 42.0 Å². The molecule has 0 radical (unpaired) electrons. The largest absolute Gasteiger partial charge is 0.461 e. The molecule has 4 fully saturated rings. The van der Waals surface area contributed by atoms with Gasteiger partial charge in [0.15, 0.2) is 5.82 Å². The van der Waals surface area contributed by atoms with Crippen molar-refractivity contribution in [2.45, 2.75) is 55.7 Å². The van der Waals surface area contributed by atoms with Gasteiger partial charge in [-0.2, -0.15) is 28.4 Å². The number of benzene rings is 2. The minimum absolute atomic E-state index is 0.0272. The molecular weight excluding hydrogens is 688 g/mol. The summed E-state index contributed by atoms with van der Waals surface area (Å²) < 4.78 is 102. The minimum Gasteiger partial charge on any atom is -0.461 e. The van der Waals surface area contributed by atoms with E-state index in [4.69, 9.17) is 15.2 Å². The van der Waals surface area contributed by atoms with Crippen molar-refractivity contribution in [2.24, 2.45) is 0 Å². The molecule has 4 unspecified atom stereocenters. The predicted octanol–water partition coefficient (Wildman–Crippen LogP) is 6.25. The third-order valence-electron chi connectivity index (χ3n) is 10.5. The molecule has 4 saturated heterocycles. The van der Waals surface area contributed by atoms with E-state index >= 15 is 4.39 Å². The second-order valence-corrected chi connectivity index (χ2v) is 14.4. The van der Waals surface area contributed by atoms with Crippen molar-refractivity contribution in [3.8, 4) is 23.2 Å². The van der Waals surface area contributed by atoms with Crippen molar-refractivity contribution >= 4 is 49.2 Å². The summed E-state index contributed by atoms with van der Waals surface area (Å²) in [6, 6.07) is 3.45. The molecule has 4 aliphatic heterocycles. The Labute approximate surface area is 285 Å². The molecule has 0 spiro atoms. The number of aromatic nitrogens is 2. The number of fused-ring (bicyclic) bond motifs is 4. The molecule has 50 heavy (non-hydrogen) atoms. The monoisotopic (exact) mass is 717 g/mol. The Hall–Kier alpha value is -4.56. The molecule has 262 valence electrons. The van der Waals surface area contributed by atoms with Gasteiger partial charge in [0.2, 0.25) is 0 Å². The van der Waals surface area contributed by atoms with Gasteiger partial charge in [0, 0.05) is 48.9 Å². The molecule has 4 atom stereocenters. The zero-order chi connectivity index (χ0) is 35.3. The molecule has 1 amide bonds. The summed E-state index contributed by atoms with van der Waals surface area (Å²) in [4.78, 5) is 26.2. The first-order valence-electron chi connectivity index (χ1n) is 16.0. The van der Waals surface area contributed by atoms with Gasteiger partial charge in [-0.1, -0.05) is 6.07 Å². The number of thiophene rings is 1. The Morgan fingerprint density at radius 2 is 2.06 bits per heavy atom. The predicted molar refractivity (Wildman–Crippen MR) is 172 cm³/mol. The number of alkyl halides is 4. The summed E-state index contributed by atoms with van der Waals surface area (Å²) in [7, 11) is 1.59. The van der Waals surface area contributed by atoms with Gasteiger partial charge in [0.05, 0.1) is 27.4 Å². The smallest absolute Gasteiger partial charge is 0.417 e. The molecule has 8 rings (SSSR count). The number of ether oxygens (including phenoxy) is 2. The van der Waals surface area contributed by atoms with Crippen LogP contribution < -0.4 is 15.4 Å². The van der Waals surface area contributed by atoms with Crippen molar-refractivity contribution in [3.63, 3.8) is 0 Å². The lowest BCUT2D eigenvalue weighted by molar-refractivity contribution is -0.137. The summed E-state index contributed by atoms with van der Waals surface area (Å²) >= 11 is 0.674. The molecule has 0 bridgehead atoms. The summed E-state index contributed by atoms with van der Waals surface area (Å²) in [5.74, 6) is -2.29. The maximum Gasteiger partial charge on any atom is 0.417 e. The van der Waals surface area contributed by atoms with Crippen LogP contribution in [0, 0.1) is 23.0 Å². The number of nitrogens with zero attached hydrogens (tertiary/aromatic N) is 6. The highest BCUT2D eigenvalue weighted by Crippen LogP contribution is 2.48. The average molecular weight is 718 g/mol. The van der Waals surface area contributed by atoms with E-state index in [1.54, 1.807) is 11.9 Å². The molecule has 2 aromatic heterocycles. The van der Waals surface area contributed by atoms with Gasteiger partial charge in [0.1, 0.15) is 47.6 Å². The third kappa shape index (κ3) is 4.97. The number of likely N-dealkylation sites (N-methyl/N-ethyl adjacent to an activating group) is 1. The van der Waals surface area contributed by atoms with Crippen LogP contribution in [0.3, 0.4) is 0 Å². The number of nitrogen functional groups attached to an aromatic ring is 1. The van der Waals surface area contributed by atoms with Gasteiger partial charge in [0.25, 0.3) is 0 Å². The Kier molecular flexibility index (Phi) is 7.50. The SMILES string of the molecule is CN(c1nc(OCC23CCCN2CC(F)C3)nc2c(F)c(-c3ccc(F)c4sc(N)c(C#N)c34)c(C(F)(F)F)cc12)C1CC2COC(=O)N2C1. The van der Waals surface area contributed by atoms with Crippen molar-refractivity contribution in [1.29, 1.82) is 5.26 Å². The first-order valence-corrected chi connectivity index (χ1v) is 16.8. The highest BCUT2D eigenvalue weighted by atomic mass is 32.1. The van der Waals surface area contributed by atoms with Crippen molar-refractivity contribution in [2.75, 3.05) is 50.5 Å². The van der Waals surface area contributed by atoms with Crippen molar-refractivity contribution in [1.82, 2.24) is 19.8 Å². The van der Waals surface area contributed by atoms with Crippen LogP contribution in [0.2, 0.25) is 0 Å². The number of cyclic esters (lactones) is 1. The number of nitrogens with two attached hydrogens (primary N) is 1. The second kappa shape index (κ2) is 11.5. The number of anilines is 2. The number of hydrogen-bond acceptors (Lipinski definition) is 10. The zero-order valence-electron chi connectivity index (χ0n) is 26.5. The number of nitriles is 1. The Bertz CT molecular complexity index is 2120. The van der Waals surface area contributed by atoms with Crippen LogP contribution in [0.5, 0.6) is 6.01 Å². The second-order valence-electron chi connectivity index (χ2n) is 13.3. The molecule has 4 aromatic rings. The van der Waals surface area contributed by atoms with Gasteiger partial charge >= 0.3 is 18.3 Å². The number of carbonyl (C=O) groups excluding carboxylic acids is 1. The van der Waals surface area contributed by atoms with Crippen molar-refractivity contribution in [3.05, 3.63) is 41.0 Å². The molecule has 10 nitrogen and oxygen atoms in total. The highest BCUT2D eigenvalue weighted by Gasteiger charge is 2.50. The van der Waals surface area contributed by atoms with Crippen LogP contribution in [-0.2, 0) is 10.9 Å². The number of amides is 1. The minimum atomic E-state index is -5.12. The highest BCUT2D eigenvalue weighted by molar-refractivity contribution is 7.23. The van der Waals surface area contributed by atoms with E-state index in [0.29, 0.717) is 30.7 Å². The molecule has 0 saturated carbocycles. The van der Waals surface area contributed by atoms with E-state index in [0.717, 1.165) is 24.6 Å². The summed E-state index contributed by atoms with van der Waals surface area (Å²) in [5, 5.41) is 9.16. The fraction of sp³-hybridized carbons (Fsp3) is 0.455. The lowest BCUT2D eigenvalue weighted by Gasteiger charge is -2.31. The van der Waals surface area contributed by atoms with E-state index < -0.39 is 58.3 Å². The lowest BCUT2D eigenvalue weighted by Crippen LogP contribution is -2.43. The van der Waals surface area contributed by atoms with Crippen LogP contribution >= 0.6 is 11.3 Å². The molecular formula is C33H29F6N7O3S. The van der Waals surface area contributed by atoms with E-state index in [-0.39, 0.29) is 82.2 Å². The van der Waals surface area contributed by atoms with Gasteiger partial charge in [-0.3, -0.25) is 9.80 Å². The first-order chi connectivity index (χ1) is 23.8. The normalized spacial score (nSPS) is 25.0. The maximum absolute atomic E-state index is 17.1. The standard InChI is InChI=1S/C33H29F6N7O3S/c1-44(16-7-17-13-48-31(47)46(17)12-16)29-19-8-21(33(37,38)39)24(18-3-4-22(35)27-23(18)20(10-40)28(41)50-27)25(36)26(19)42-30(43-29)49-14-32-5-2-6-45(32)11-15(34)9-32/h3-4,8,15-17H,2,5-7,9,11-14,41H2,1H3. The Balaban J connectivity index is 1.33. The number of rotatable bonds is 6. The lowest BCUT2D eigenvalue weighted by atomic mass is 9.92. The van der Waals surface area contributed by atoms with Crippen molar-refractivity contribution < 1.29 is 40.6 Å². The number of halogens is 6. The summed E-state index contributed by atoms with van der Waals surface area (Å²) in [6.07, 6.45) is -4.56. The van der Waals surface area contributed by atoms with Gasteiger partial charge in [-0.25, -0.2) is 18.0 Å². The Morgan fingerprint density at radius 3 is 2.80 bits per heavy atom. The first kappa shape index (κ1) is 32.6. The maximum atomic E-state index is 17.1. The molecule has 6 heterocycles. The zero-order valence-corrected chi connectivity index (χ0v) is 27.3. The van der Waals surface area contributed by atoms with E-state index in [9.17, 15) is 32.0 Å². The summed E-state index contributed by atoms with van der Waals surface area (Å²) in [5.41, 5.74) is 1.82. The average Bonchev–Trinajstić information content (AvgIpc) is 3.87. The third-order valence-corrected chi connectivity index (χ3v) is 11.6. The number of carbonyl (C=O) groups is 1. The number of hydrogen-bond donors (Lipinski definition) is 1. The van der Waals surface area contributed by atoms with E-state index in [1.807, 2.05) is 11.0 Å². The van der Waals surface area contributed by atoms with Crippen LogP contribution in [0.25, 0.3) is 32.1 Å². The molecule has 2 N–H and O–H groups in total. The molecule has 17 heteroatoms. The van der Waals surface area contributed by atoms with Gasteiger partial charge in [-0.05, 0) is 43.5 Å². The molecule has 0 aliphatic carbocycles. The van der Waals surface area contributed by atoms with Crippen LogP contribution in [0.1, 0.15) is 36.8 Å².